The quantitative estimate of drug-likeness (QED) is 0.111. The third-order valence-electron chi connectivity index (χ3n) is 9.83. The summed E-state index contributed by atoms with van der Waals surface area (Å²) >= 11 is 0. The van der Waals surface area contributed by atoms with Crippen molar-refractivity contribution in [1.29, 1.82) is 0 Å². The van der Waals surface area contributed by atoms with E-state index in [2.05, 4.69) is 21.7 Å². The van der Waals surface area contributed by atoms with Gasteiger partial charge >= 0.3 is 0 Å². The van der Waals surface area contributed by atoms with Gasteiger partial charge < -0.3 is 56.4 Å². The van der Waals surface area contributed by atoms with E-state index in [-0.39, 0.29) is 43.9 Å². The fourth-order valence-corrected chi connectivity index (χ4v) is 6.91. The lowest BCUT2D eigenvalue weighted by Crippen LogP contribution is -2.70. The summed E-state index contributed by atoms with van der Waals surface area (Å²) in [6, 6.07) is 8.61. The first-order valence-corrected chi connectivity index (χ1v) is 18.2. The topological polar surface area (TPSA) is 256 Å². The number of carboxylic acid groups (broad SMARTS) is 2. The summed E-state index contributed by atoms with van der Waals surface area (Å²) in [6.45, 7) is 3.70. The van der Waals surface area contributed by atoms with Crippen LogP contribution in [0.5, 0.6) is 5.75 Å². The molecule has 0 saturated carbocycles. The number of quaternary nitrogens is 1. The molecule has 4 rings (SSSR count). The zero-order valence-corrected chi connectivity index (χ0v) is 30.5. The maximum Gasteiger partial charge on any atom is 0.281 e. The van der Waals surface area contributed by atoms with Crippen molar-refractivity contribution >= 4 is 41.5 Å². The van der Waals surface area contributed by atoms with Gasteiger partial charge in [-0.25, -0.2) is 0 Å². The van der Waals surface area contributed by atoms with Gasteiger partial charge in [-0.2, -0.15) is 0 Å². The van der Waals surface area contributed by atoms with Crippen molar-refractivity contribution in [3.8, 4) is 5.75 Å². The SMILES string of the molecule is CC(C)[C@H](NC(=O)[C@H](Cc1ccccc1)NC(=O)[C@@H]1CCCN1C(=O)[C@@H]([NH3+])Cc1ccc(O)cc1)C(=O)N[C@@H](CCC(=O)[O-])C(=O)N1CCC[C@H]1C(=O)[O-]. The van der Waals surface area contributed by atoms with Gasteiger partial charge in [0.15, 0.2) is 6.04 Å². The molecule has 16 nitrogen and oxygen atoms in total. The number of aliphatic carboxylic acids is 2. The highest BCUT2D eigenvalue weighted by atomic mass is 16.4. The molecule has 2 aromatic rings. The highest BCUT2D eigenvalue weighted by Crippen LogP contribution is 2.21. The minimum Gasteiger partial charge on any atom is -0.550 e. The Morgan fingerprint density at radius 2 is 1.35 bits per heavy atom. The van der Waals surface area contributed by atoms with Gasteiger partial charge in [0.25, 0.3) is 5.91 Å². The van der Waals surface area contributed by atoms with E-state index >= 15 is 0 Å². The van der Waals surface area contributed by atoms with E-state index in [0.29, 0.717) is 31.4 Å². The predicted octanol–water partition coefficient (Wildman–Crippen LogP) is -2.84. The van der Waals surface area contributed by atoms with Crippen LogP contribution < -0.4 is 31.9 Å². The Morgan fingerprint density at radius 3 is 1.94 bits per heavy atom. The monoisotopic (exact) mass is 749 g/mol. The highest BCUT2D eigenvalue weighted by molar-refractivity contribution is 5.96. The van der Waals surface area contributed by atoms with Crippen molar-refractivity contribution in [2.45, 2.75) is 101 Å². The van der Waals surface area contributed by atoms with Crippen LogP contribution >= 0.6 is 0 Å². The van der Waals surface area contributed by atoms with Gasteiger partial charge in [0.1, 0.15) is 29.9 Å². The number of rotatable bonds is 17. The number of phenols is 1. The Labute approximate surface area is 313 Å². The number of benzene rings is 2. The minimum absolute atomic E-state index is 0.0383. The van der Waals surface area contributed by atoms with Crippen LogP contribution in [-0.2, 0) is 46.4 Å². The molecular formula is C38H49N6O10-. The number of carbonyl (C=O) groups excluding carboxylic acids is 7. The van der Waals surface area contributed by atoms with Gasteiger partial charge in [0.2, 0.25) is 23.6 Å². The number of hydrogen-bond donors (Lipinski definition) is 5. The Morgan fingerprint density at radius 1 is 0.759 bits per heavy atom. The molecule has 292 valence electrons. The van der Waals surface area contributed by atoms with Crippen molar-refractivity contribution in [3.05, 3.63) is 65.7 Å². The lowest BCUT2D eigenvalue weighted by molar-refractivity contribution is -0.405. The van der Waals surface area contributed by atoms with E-state index < -0.39 is 84.2 Å². The first-order valence-electron chi connectivity index (χ1n) is 18.2. The van der Waals surface area contributed by atoms with E-state index in [9.17, 15) is 48.9 Å². The molecule has 0 radical (unpaired) electrons. The Hall–Kier alpha value is -5.51. The minimum atomic E-state index is -1.47. The first kappa shape index (κ1) is 41.2. The number of carbonyl (C=O) groups is 7. The highest BCUT2D eigenvalue weighted by Gasteiger charge is 2.40. The number of nitrogens with one attached hydrogen (secondary N) is 3. The zero-order valence-electron chi connectivity index (χ0n) is 30.5. The van der Waals surface area contributed by atoms with Crippen LogP contribution in [0.3, 0.4) is 0 Å². The van der Waals surface area contributed by atoms with E-state index in [1.807, 2.05) is 0 Å². The second-order valence-corrected chi connectivity index (χ2v) is 14.2. The molecule has 2 saturated heterocycles. The number of phenolic OH excluding ortho intramolecular Hbond substituents is 1. The standard InChI is InChI=1S/C38H50N6O10/c1-22(2)32(35(50)40-27(16-17-31(46)47)37(52)44-19-7-11-30(44)38(53)54)42-33(48)28(21-23-8-4-3-5-9-23)41-34(49)29-10-6-18-43(29)36(51)26(39)20-24-12-14-25(45)15-13-24/h3-5,8-9,12-15,22,26-30,32,45H,6-7,10-11,16-21,39H2,1-2H3,(H,40,50)(H,41,49)(H,42,48)(H,46,47)(H,53,54)/p-1/t26-,27-,28-,29-,30-,32-/m0/s1. The molecular weight excluding hydrogens is 700 g/mol. The van der Waals surface area contributed by atoms with E-state index in [4.69, 9.17) is 0 Å². The summed E-state index contributed by atoms with van der Waals surface area (Å²) < 4.78 is 0. The van der Waals surface area contributed by atoms with Gasteiger partial charge in [-0.15, -0.1) is 0 Å². The molecule has 2 heterocycles. The maximum atomic E-state index is 14.0. The molecule has 0 aromatic heterocycles. The summed E-state index contributed by atoms with van der Waals surface area (Å²) in [4.78, 5) is 93.9. The number of aromatic hydroxyl groups is 1. The average molecular weight is 750 g/mol. The van der Waals surface area contributed by atoms with E-state index in [0.717, 1.165) is 10.5 Å². The summed E-state index contributed by atoms with van der Waals surface area (Å²) in [5.41, 5.74) is 5.51. The summed E-state index contributed by atoms with van der Waals surface area (Å²) in [7, 11) is 0. The zero-order chi connectivity index (χ0) is 39.5. The third kappa shape index (κ3) is 11.0. The molecule has 5 amide bonds. The smallest absolute Gasteiger partial charge is 0.281 e. The van der Waals surface area contributed by atoms with Crippen LogP contribution in [0.25, 0.3) is 0 Å². The lowest BCUT2D eigenvalue weighted by Gasteiger charge is -2.32. The molecule has 0 bridgehead atoms. The second kappa shape index (κ2) is 19.0. The molecule has 2 aliphatic heterocycles. The van der Waals surface area contributed by atoms with Gasteiger partial charge in [-0.05, 0) is 67.7 Å². The van der Waals surface area contributed by atoms with Crippen molar-refractivity contribution in [2.75, 3.05) is 13.1 Å². The molecule has 2 fully saturated rings. The molecule has 7 N–H and O–H groups in total. The summed E-state index contributed by atoms with van der Waals surface area (Å²) in [5, 5.41) is 40.6. The van der Waals surface area contributed by atoms with Crippen LogP contribution in [0.15, 0.2) is 54.6 Å². The number of nitrogens with zero attached hydrogens (tertiary/aromatic N) is 2. The van der Waals surface area contributed by atoms with Crippen LogP contribution in [0, 0.1) is 5.92 Å². The van der Waals surface area contributed by atoms with Crippen molar-refractivity contribution in [1.82, 2.24) is 25.8 Å². The van der Waals surface area contributed by atoms with Crippen LogP contribution in [-0.4, -0.2) is 106 Å². The second-order valence-electron chi connectivity index (χ2n) is 14.2. The predicted molar refractivity (Wildman–Crippen MR) is 188 cm³/mol. The summed E-state index contributed by atoms with van der Waals surface area (Å²) in [6.07, 6.45) is 0.791. The number of amides is 5. The van der Waals surface area contributed by atoms with Gasteiger partial charge in [0, 0.05) is 31.9 Å². The Bertz CT molecular complexity index is 1670. The molecule has 2 aliphatic rings. The lowest BCUT2D eigenvalue weighted by atomic mass is 9.99. The van der Waals surface area contributed by atoms with Gasteiger partial charge in [0.05, 0.1) is 12.0 Å². The first-order chi connectivity index (χ1) is 25.7. The molecule has 0 spiro atoms. The molecule has 54 heavy (non-hydrogen) atoms. The molecule has 0 aliphatic carbocycles. The number of carboxylic acids is 2. The number of hydrogen-bond acceptors (Lipinski definition) is 10. The average Bonchev–Trinajstić information content (AvgIpc) is 3.84. The van der Waals surface area contributed by atoms with Crippen molar-refractivity contribution in [2.24, 2.45) is 5.92 Å². The fraction of sp³-hybridized carbons (Fsp3) is 0.500. The summed E-state index contributed by atoms with van der Waals surface area (Å²) in [5.74, 6) is -6.59. The van der Waals surface area contributed by atoms with Crippen molar-refractivity contribution < 1.29 is 54.6 Å². The van der Waals surface area contributed by atoms with Crippen LogP contribution in [0.2, 0.25) is 0 Å². The Kier molecular flexibility index (Phi) is 14.5. The van der Waals surface area contributed by atoms with Crippen LogP contribution in [0.4, 0.5) is 0 Å². The van der Waals surface area contributed by atoms with Gasteiger partial charge in [-0.3, -0.25) is 24.0 Å². The van der Waals surface area contributed by atoms with Gasteiger partial charge in [-0.1, -0.05) is 56.3 Å². The third-order valence-corrected chi connectivity index (χ3v) is 9.83. The van der Waals surface area contributed by atoms with Crippen LogP contribution in [0.1, 0.15) is 63.5 Å². The normalized spacial score (nSPS) is 19.0. The van der Waals surface area contributed by atoms with E-state index in [1.54, 1.807) is 56.3 Å². The fourth-order valence-electron chi connectivity index (χ4n) is 6.91. The molecule has 16 heteroatoms. The molecule has 6 atom stereocenters. The molecule has 2 aromatic carbocycles. The maximum absolute atomic E-state index is 14.0. The van der Waals surface area contributed by atoms with E-state index in [1.165, 1.54) is 17.0 Å². The largest absolute Gasteiger partial charge is 0.550 e. The molecule has 0 unspecified atom stereocenters. The Balaban J connectivity index is 1.50. The number of likely N-dealkylation sites (tertiary alicyclic amines) is 2. The van der Waals surface area contributed by atoms with Crippen molar-refractivity contribution in [3.63, 3.8) is 0 Å².